The molecule has 1 aromatic rings. The highest BCUT2D eigenvalue weighted by Crippen LogP contribution is 2.21. The molecule has 0 fully saturated rings. The van der Waals surface area contributed by atoms with Crippen molar-refractivity contribution in [3.05, 3.63) is 34.1 Å². The number of ketones is 1. The average Bonchev–Trinajstić information content (AvgIpc) is 2.22. The van der Waals surface area contributed by atoms with Gasteiger partial charge in [0.2, 0.25) is 0 Å². The predicted octanol–water partition coefficient (Wildman–Crippen LogP) is 2.86. The van der Waals surface area contributed by atoms with Crippen LogP contribution in [0.1, 0.15) is 25.8 Å². The van der Waals surface area contributed by atoms with Crippen LogP contribution in [0.2, 0.25) is 0 Å². The summed E-state index contributed by atoms with van der Waals surface area (Å²) >= 11 is 3.19. The van der Waals surface area contributed by atoms with Gasteiger partial charge >= 0.3 is 0 Å². The van der Waals surface area contributed by atoms with Crippen molar-refractivity contribution in [1.29, 1.82) is 0 Å². The second-order valence-electron chi connectivity index (χ2n) is 3.96. The van der Waals surface area contributed by atoms with E-state index in [-0.39, 0.29) is 18.0 Å². The van der Waals surface area contributed by atoms with Crippen LogP contribution < -0.4 is 0 Å². The molecule has 0 saturated carbocycles. The fourth-order valence-corrected chi connectivity index (χ4v) is 1.72. The van der Waals surface area contributed by atoms with E-state index >= 15 is 0 Å². The molecule has 0 amide bonds. The number of rotatable bonds is 4. The van der Waals surface area contributed by atoms with Crippen molar-refractivity contribution in [2.45, 2.75) is 32.3 Å². The maximum Gasteiger partial charge on any atom is 0.168 e. The van der Waals surface area contributed by atoms with Gasteiger partial charge in [0.25, 0.3) is 0 Å². The van der Waals surface area contributed by atoms with Crippen molar-refractivity contribution >= 4 is 21.7 Å². The number of carbonyl (C=O) groups excluding carboxylic acids is 1. The molecule has 0 spiro atoms. The number of aliphatic hydroxyl groups is 1. The average molecular weight is 289 g/mol. The number of benzene rings is 1. The topological polar surface area (TPSA) is 37.3 Å². The zero-order valence-corrected chi connectivity index (χ0v) is 10.8. The number of hydrogen-bond donors (Lipinski definition) is 1. The lowest BCUT2D eigenvalue weighted by molar-refractivity contribution is -0.135. The molecule has 0 aliphatic heterocycles. The first kappa shape index (κ1) is 13.3. The van der Waals surface area contributed by atoms with Crippen LogP contribution in [0.25, 0.3) is 0 Å². The van der Waals surface area contributed by atoms with Gasteiger partial charge in [0, 0.05) is 10.9 Å². The van der Waals surface area contributed by atoms with Crippen molar-refractivity contribution in [1.82, 2.24) is 0 Å². The Hall–Kier alpha value is -0.740. The van der Waals surface area contributed by atoms with E-state index in [1.807, 2.05) is 0 Å². The molecule has 0 bridgehead atoms. The lowest BCUT2D eigenvalue weighted by Crippen LogP contribution is -2.35. The zero-order chi connectivity index (χ0) is 12.3. The van der Waals surface area contributed by atoms with Crippen LogP contribution in [0.5, 0.6) is 0 Å². The van der Waals surface area contributed by atoms with Gasteiger partial charge in [-0.1, -0.05) is 28.9 Å². The van der Waals surface area contributed by atoms with E-state index in [4.69, 9.17) is 0 Å². The summed E-state index contributed by atoms with van der Waals surface area (Å²) in [6.07, 6.45) is 0.465. The van der Waals surface area contributed by atoms with Gasteiger partial charge in [-0.15, -0.1) is 0 Å². The minimum absolute atomic E-state index is 0.0989. The summed E-state index contributed by atoms with van der Waals surface area (Å²) in [7, 11) is 0. The Bertz CT molecular complexity index is 402. The third-order valence-corrected chi connectivity index (χ3v) is 3.39. The zero-order valence-electron chi connectivity index (χ0n) is 9.26. The van der Waals surface area contributed by atoms with Crippen molar-refractivity contribution in [3.63, 3.8) is 0 Å². The summed E-state index contributed by atoms with van der Waals surface area (Å²) in [5.41, 5.74) is -0.631. The normalized spacial score (nSPS) is 14.6. The molecule has 1 N–H and O–H groups in total. The minimum Gasteiger partial charge on any atom is -0.382 e. The van der Waals surface area contributed by atoms with Crippen LogP contribution in [0.15, 0.2) is 22.7 Å². The van der Waals surface area contributed by atoms with Crippen LogP contribution in [0, 0.1) is 5.82 Å². The molecule has 1 aromatic carbocycles. The van der Waals surface area contributed by atoms with Gasteiger partial charge in [0.05, 0.1) is 0 Å². The first-order chi connectivity index (χ1) is 7.36. The summed E-state index contributed by atoms with van der Waals surface area (Å²) in [5, 5.41) is 9.76. The standard InChI is InChI=1S/C12H14BrFO2/c1-3-12(2,16)11(15)6-8-4-5-9(14)7-10(8)13/h4-5,7,16H,3,6H2,1-2H3. The molecule has 0 aromatic heterocycles. The molecule has 0 heterocycles. The summed E-state index contributed by atoms with van der Waals surface area (Å²) in [5.74, 6) is -0.618. The third kappa shape index (κ3) is 3.12. The lowest BCUT2D eigenvalue weighted by Gasteiger charge is -2.19. The van der Waals surface area contributed by atoms with Crippen molar-refractivity contribution in [2.24, 2.45) is 0 Å². The summed E-state index contributed by atoms with van der Waals surface area (Å²) in [6, 6.07) is 4.15. The summed E-state index contributed by atoms with van der Waals surface area (Å²) < 4.78 is 13.4. The number of carbonyl (C=O) groups is 1. The van der Waals surface area contributed by atoms with Gasteiger partial charge in [0.1, 0.15) is 11.4 Å². The van der Waals surface area contributed by atoms with Crippen molar-refractivity contribution < 1.29 is 14.3 Å². The van der Waals surface area contributed by atoms with E-state index < -0.39 is 5.60 Å². The Balaban J connectivity index is 2.85. The van der Waals surface area contributed by atoms with Crippen LogP contribution in [-0.4, -0.2) is 16.5 Å². The molecule has 0 aliphatic rings. The fourth-order valence-electron chi connectivity index (χ4n) is 1.23. The predicted molar refractivity (Wildman–Crippen MR) is 63.7 cm³/mol. The van der Waals surface area contributed by atoms with Gasteiger partial charge in [-0.2, -0.15) is 0 Å². The Kier molecular flexibility index (Phi) is 4.21. The molecule has 0 aliphatic carbocycles. The van der Waals surface area contributed by atoms with Gasteiger partial charge in [-0.25, -0.2) is 4.39 Å². The second-order valence-corrected chi connectivity index (χ2v) is 4.82. The van der Waals surface area contributed by atoms with Gasteiger partial charge in [-0.05, 0) is 31.0 Å². The quantitative estimate of drug-likeness (QED) is 0.925. The molecule has 4 heteroatoms. The summed E-state index contributed by atoms with van der Waals surface area (Å²) in [4.78, 5) is 11.7. The minimum atomic E-state index is -1.31. The molecule has 2 nitrogen and oxygen atoms in total. The molecular weight excluding hydrogens is 275 g/mol. The smallest absolute Gasteiger partial charge is 0.168 e. The van der Waals surface area contributed by atoms with Gasteiger partial charge in [-0.3, -0.25) is 4.79 Å². The Morgan fingerprint density at radius 2 is 2.19 bits per heavy atom. The maximum atomic E-state index is 12.8. The van der Waals surface area contributed by atoms with E-state index in [0.29, 0.717) is 16.5 Å². The number of hydrogen-bond acceptors (Lipinski definition) is 2. The van der Waals surface area contributed by atoms with Crippen molar-refractivity contribution in [3.8, 4) is 0 Å². The Morgan fingerprint density at radius 1 is 1.56 bits per heavy atom. The maximum absolute atomic E-state index is 12.8. The molecule has 1 rings (SSSR count). The molecule has 16 heavy (non-hydrogen) atoms. The molecular formula is C12H14BrFO2. The van der Waals surface area contributed by atoms with Crippen LogP contribution in [0.4, 0.5) is 4.39 Å². The second kappa shape index (κ2) is 5.06. The third-order valence-electron chi connectivity index (χ3n) is 2.66. The molecule has 1 atom stereocenters. The Labute approximate surface area is 103 Å². The van der Waals surface area contributed by atoms with Crippen molar-refractivity contribution in [2.75, 3.05) is 0 Å². The largest absolute Gasteiger partial charge is 0.382 e. The van der Waals surface area contributed by atoms with Crippen LogP contribution >= 0.6 is 15.9 Å². The first-order valence-electron chi connectivity index (χ1n) is 5.06. The lowest BCUT2D eigenvalue weighted by atomic mass is 9.93. The SMILES string of the molecule is CCC(C)(O)C(=O)Cc1ccc(F)cc1Br. The molecule has 88 valence electrons. The molecule has 1 unspecified atom stereocenters. The van der Waals surface area contributed by atoms with E-state index in [1.165, 1.54) is 19.1 Å². The highest BCUT2D eigenvalue weighted by Gasteiger charge is 2.27. The molecule has 0 radical (unpaired) electrons. The van der Waals surface area contributed by atoms with E-state index in [2.05, 4.69) is 15.9 Å². The van der Waals surface area contributed by atoms with Crippen LogP contribution in [-0.2, 0) is 11.2 Å². The van der Waals surface area contributed by atoms with Crippen LogP contribution in [0.3, 0.4) is 0 Å². The first-order valence-corrected chi connectivity index (χ1v) is 5.85. The Morgan fingerprint density at radius 3 is 2.69 bits per heavy atom. The van der Waals surface area contributed by atoms with E-state index in [9.17, 15) is 14.3 Å². The van der Waals surface area contributed by atoms with Gasteiger partial charge in [0.15, 0.2) is 5.78 Å². The number of Topliss-reactive ketones (excluding diaryl/α,β-unsaturated/α-hetero) is 1. The summed E-state index contributed by atoms with van der Waals surface area (Å²) in [6.45, 7) is 3.24. The van der Waals surface area contributed by atoms with Gasteiger partial charge < -0.3 is 5.11 Å². The fraction of sp³-hybridized carbons (Fsp3) is 0.417. The monoisotopic (exact) mass is 288 g/mol. The highest BCUT2D eigenvalue weighted by atomic mass is 79.9. The highest BCUT2D eigenvalue weighted by molar-refractivity contribution is 9.10. The number of halogens is 2. The molecule has 0 saturated heterocycles. The van der Waals surface area contributed by atoms with E-state index in [1.54, 1.807) is 13.0 Å². The van der Waals surface area contributed by atoms with E-state index in [0.717, 1.165) is 0 Å².